The first-order valence-electron chi connectivity index (χ1n) is 6.72. The van der Waals surface area contributed by atoms with Crippen LogP contribution in [0.4, 0.5) is 0 Å². The number of rotatable bonds is 4. The van der Waals surface area contributed by atoms with Gasteiger partial charge in [-0.05, 0) is 57.4 Å². The molecule has 16 heavy (non-hydrogen) atoms. The van der Waals surface area contributed by atoms with Gasteiger partial charge < -0.3 is 15.2 Å². The number of nitrogens with one attached hydrogen (secondary N) is 1. The third-order valence-corrected chi connectivity index (χ3v) is 4.22. The fourth-order valence-corrected chi connectivity index (χ4v) is 3.07. The average Bonchev–Trinajstić information content (AvgIpc) is 2.73. The largest absolute Gasteiger partial charge is 0.393 e. The van der Waals surface area contributed by atoms with E-state index in [1.165, 1.54) is 32.1 Å². The summed E-state index contributed by atoms with van der Waals surface area (Å²) in [4.78, 5) is 0. The molecule has 0 aromatic rings. The molecule has 3 nitrogen and oxygen atoms in total. The van der Waals surface area contributed by atoms with Crippen LogP contribution >= 0.6 is 0 Å². The summed E-state index contributed by atoms with van der Waals surface area (Å²) in [5, 5.41) is 13.1. The summed E-state index contributed by atoms with van der Waals surface area (Å²) < 4.78 is 5.37. The van der Waals surface area contributed by atoms with Gasteiger partial charge in [0.05, 0.1) is 12.2 Å². The lowest BCUT2D eigenvalue weighted by molar-refractivity contribution is 0.0620. The number of hydrogen-bond donors (Lipinski definition) is 2. The van der Waals surface area contributed by atoms with E-state index in [9.17, 15) is 5.11 Å². The van der Waals surface area contributed by atoms with E-state index in [2.05, 4.69) is 5.32 Å². The zero-order valence-corrected chi connectivity index (χ0v) is 10.3. The van der Waals surface area contributed by atoms with E-state index < -0.39 is 0 Å². The number of methoxy groups -OCH3 is 1. The first-order chi connectivity index (χ1) is 7.78. The highest BCUT2D eigenvalue weighted by molar-refractivity contribution is 4.81. The summed E-state index contributed by atoms with van der Waals surface area (Å²) in [6.07, 6.45) is 8.54. The topological polar surface area (TPSA) is 41.5 Å². The van der Waals surface area contributed by atoms with Crippen molar-refractivity contribution in [1.82, 2.24) is 5.32 Å². The van der Waals surface area contributed by atoms with Gasteiger partial charge in [-0.2, -0.15) is 0 Å². The molecule has 0 aromatic carbocycles. The minimum Gasteiger partial charge on any atom is -0.393 e. The lowest BCUT2D eigenvalue weighted by Gasteiger charge is -2.29. The number of hydrogen-bond acceptors (Lipinski definition) is 3. The zero-order valence-electron chi connectivity index (χ0n) is 10.3. The van der Waals surface area contributed by atoms with Crippen molar-refractivity contribution in [3.05, 3.63) is 0 Å². The van der Waals surface area contributed by atoms with Crippen LogP contribution in [0.2, 0.25) is 0 Å². The maximum atomic E-state index is 9.46. The predicted octanol–water partition coefficient (Wildman–Crippen LogP) is 1.69. The van der Waals surface area contributed by atoms with E-state index in [-0.39, 0.29) is 6.10 Å². The molecule has 0 bridgehead atoms. The molecule has 0 amide bonds. The van der Waals surface area contributed by atoms with Crippen LogP contribution in [-0.4, -0.2) is 37.0 Å². The Balaban J connectivity index is 1.60. The van der Waals surface area contributed by atoms with E-state index in [0.29, 0.717) is 18.1 Å². The van der Waals surface area contributed by atoms with Gasteiger partial charge in [-0.25, -0.2) is 0 Å². The van der Waals surface area contributed by atoms with Crippen LogP contribution in [0, 0.1) is 5.92 Å². The van der Waals surface area contributed by atoms with Crippen molar-refractivity contribution in [2.24, 2.45) is 5.92 Å². The Labute approximate surface area is 98.6 Å². The van der Waals surface area contributed by atoms with Crippen LogP contribution in [0.25, 0.3) is 0 Å². The van der Waals surface area contributed by atoms with Crippen molar-refractivity contribution in [2.45, 2.75) is 63.2 Å². The fourth-order valence-electron chi connectivity index (χ4n) is 3.07. The van der Waals surface area contributed by atoms with E-state index in [4.69, 9.17) is 4.74 Å². The highest BCUT2D eigenvalue weighted by Gasteiger charge is 2.25. The smallest absolute Gasteiger partial charge is 0.0572 e. The molecule has 2 fully saturated rings. The lowest BCUT2D eigenvalue weighted by atomic mass is 9.92. The Morgan fingerprint density at radius 2 is 1.88 bits per heavy atom. The third-order valence-electron chi connectivity index (χ3n) is 4.22. The molecule has 0 heterocycles. The molecule has 2 aliphatic rings. The summed E-state index contributed by atoms with van der Waals surface area (Å²) in [5.74, 6) is 0.704. The maximum absolute atomic E-state index is 9.46. The predicted molar refractivity (Wildman–Crippen MR) is 64.4 cm³/mol. The van der Waals surface area contributed by atoms with Crippen molar-refractivity contribution in [3.8, 4) is 0 Å². The molecule has 2 saturated carbocycles. The van der Waals surface area contributed by atoms with Crippen LogP contribution in [0.3, 0.4) is 0 Å². The molecule has 0 aromatic heterocycles. The Morgan fingerprint density at radius 1 is 1.12 bits per heavy atom. The second-order valence-electron chi connectivity index (χ2n) is 5.45. The molecule has 2 aliphatic carbocycles. The summed E-state index contributed by atoms with van der Waals surface area (Å²) in [6, 6.07) is 0.684. The summed E-state index contributed by atoms with van der Waals surface area (Å²) in [7, 11) is 1.82. The molecule has 2 rings (SSSR count). The van der Waals surface area contributed by atoms with Gasteiger partial charge in [0.15, 0.2) is 0 Å². The number of aliphatic hydroxyl groups is 1. The first-order valence-corrected chi connectivity index (χ1v) is 6.72. The molecule has 0 saturated heterocycles. The van der Waals surface area contributed by atoms with E-state index in [1.807, 2.05) is 7.11 Å². The monoisotopic (exact) mass is 227 g/mol. The Kier molecular flexibility index (Phi) is 4.62. The van der Waals surface area contributed by atoms with Crippen LogP contribution in [-0.2, 0) is 4.74 Å². The molecular weight excluding hydrogens is 202 g/mol. The highest BCUT2D eigenvalue weighted by Crippen LogP contribution is 2.26. The zero-order chi connectivity index (χ0) is 11.4. The van der Waals surface area contributed by atoms with Gasteiger partial charge >= 0.3 is 0 Å². The van der Waals surface area contributed by atoms with Crippen LogP contribution in [0.15, 0.2) is 0 Å². The molecule has 2 N–H and O–H groups in total. The summed E-state index contributed by atoms with van der Waals surface area (Å²) in [5.41, 5.74) is 0. The summed E-state index contributed by atoms with van der Waals surface area (Å²) in [6.45, 7) is 1.10. The van der Waals surface area contributed by atoms with Gasteiger partial charge in [0, 0.05) is 13.2 Å². The summed E-state index contributed by atoms with van der Waals surface area (Å²) >= 11 is 0. The van der Waals surface area contributed by atoms with Crippen molar-refractivity contribution in [2.75, 3.05) is 13.7 Å². The third kappa shape index (κ3) is 3.44. The minimum atomic E-state index is -0.0315. The molecule has 0 aliphatic heterocycles. The fraction of sp³-hybridized carbons (Fsp3) is 1.00. The van der Waals surface area contributed by atoms with E-state index in [0.717, 1.165) is 19.4 Å². The molecule has 94 valence electrons. The number of ether oxygens (including phenoxy) is 1. The van der Waals surface area contributed by atoms with Crippen molar-refractivity contribution in [1.29, 1.82) is 0 Å². The standard InChI is InChI=1S/C13H25NO2/c1-16-13-6-3-11(4-7-13)14-9-10-2-5-12(15)8-10/h10-15H,2-9H2,1H3. The normalized spacial score (nSPS) is 40.1. The number of aliphatic hydroxyl groups excluding tert-OH is 1. The molecule has 2 atom stereocenters. The molecule has 3 heteroatoms. The van der Waals surface area contributed by atoms with Gasteiger partial charge in [-0.15, -0.1) is 0 Å². The SMILES string of the molecule is COC1CCC(NCC2CCC(O)C2)CC1. The average molecular weight is 227 g/mol. The molecule has 0 radical (unpaired) electrons. The molecule has 0 spiro atoms. The van der Waals surface area contributed by atoms with Gasteiger partial charge in [0.1, 0.15) is 0 Å². The lowest BCUT2D eigenvalue weighted by Crippen LogP contribution is -2.37. The maximum Gasteiger partial charge on any atom is 0.0572 e. The second kappa shape index (κ2) is 5.99. The van der Waals surface area contributed by atoms with E-state index >= 15 is 0 Å². The van der Waals surface area contributed by atoms with E-state index in [1.54, 1.807) is 0 Å². The highest BCUT2D eigenvalue weighted by atomic mass is 16.5. The van der Waals surface area contributed by atoms with Crippen LogP contribution in [0.5, 0.6) is 0 Å². The van der Waals surface area contributed by atoms with Gasteiger partial charge in [-0.3, -0.25) is 0 Å². The Bertz CT molecular complexity index is 202. The van der Waals surface area contributed by atoms with Gasteiger partial charge in [-0.1, -0.05) is 0 Å². The first kappa shape index (κ1) is 12.3. The quantitative estimate of drug-likeness (QED) is 0.768. The van der Waals surface area contributed by atoms with Crippen LogP contribution in [0.1, 0.15) is 44.9 Å². The van der Waals surface area contributed by atoms with Crippen molar-refractivity contribution >= 4 is 0 Å². The minimum absolute atomic E-state index is 0.0315. The van der Waals surface area contributed by atoms with Gasteiger partial charge in [0.2, 0.25) is 0 Å². The van der Waals surface area contributed by atoms with Crippen molar-refractivity contribution in [3.63, 3.8) is 0 Å². The molecular formula is C13H25NO2. The molecule has 2 unspecified atom stereocenters. The van der Waals surface area contributed by atoms with Crippen molar-refractivity contribution < 1.29 is 9.84 Å². The van der Waals surface area contributed by atoms with Gasteiger partial charge in [0.25, 0.3) is 0 Å². The Morgan fingerprint density at radius 3 is 2.44 bits per heavy atom. The second-order valence-corrected chi connectivity index (χ2v) is 5.45. The van der Waals surface area contributed by atoms with Crippen LogP contribution < -0.4 is 5.32 Å². The Hall–Kier alpha value is -0.120.